The number of nitrogens with one attached hydrogen (secondary N) is 2. The topological polar surface area (TPSA) is 141 Å². The van der Waals surface area contributed by atoms with Crippen molar-refractivity contribution in [3.8, 4) is 5.75 Å². The van der Waals surface area contributed by atoms with E-state index in [0.717, 1.165) is 10.5 Å². The van der Waals surface area contributed by atoms with Gasteiger partial charge in [0.2, 0.25) is 5.90 Å². The average Bonchev–Trinajstić information content (AvgIpc) is 3.46. The van der Waals surface area contributed by atoms with Gasteiger partial charge in [0.05, 0.1) is 12.2 Å². The molecule has 1 aliphatic heterocycles. The predicted octanol–water partition coefficient (Wildman–Crippen LogP) is 7.49. The smallest absolute Gasteiger partial charge is 0.416 e. The largest absolute Gasteiger partial charge is 0.494 e. The first-order valence-electron chi connectivity index (χ1n) is 14.8. The third-order valence-corrected chi connectivity index (χ3v) is 8.14. The number of carbonyl (C=O) groups excluding carboxylic acids is 1. The van der Waals surface area contributed by atoms with Gasteiger partial charge in [-0.15, -0.1) is 0 Å². The molecule has 0 radical (unpaired) electrons. The van der Waals surface area contributed by atoms with E-state index in [0.29, 0.717) is 35.5 Å². The summed E-state index contributed by atoms with van der Waals surface area (Å²) in [6.07, 6.45) is -5.22. The molecule has 1 aliphatic rings. The number of carbonyl (C=O) groups is 1. The van der Waals surface area contributed by atoms with Crippen molar-refractivity contribution >= 4 is 33.4 Å². The van der Waals surface area contributed by atoms with Crippen LogP contribution in [0.1, 0.15) is 40.3 Å². The molecule has 0 bridgehead atoms. The Balaban J connectivity index is 1.56. The molecule has 1 amide bonds. The zero-order valence-corrected chi connectivity index (χ0v) is 26.9. The fourth-order valence-electron chi connectivity index (χ4n) is 5.30. The van der Waals surface area contributed by atoms with Gasteiger partial charge in [0.15, 0.2) is 11.6 Å². The van der Waals surface area contributed by atoms with Crippen LogP contribution in [0, 0.1) is 0 Å². The van der Waals surface area contributed by atoms with Gasteiger partial charge >= 0.3 is 6.18 Å². The van der Waals surface area contributed by atoms with Crippen LogP contribution in [0.15, 0.2) is 112 Å². The maximum atomic E-state index is 14.4. The molecule has 248 valence electrons. The molecule has 1 heterocycles. The molecule has 10 nitrogen and oxygen atoms in total. The van der Waals surface area contributed by atoms with Crippen LogP contribution < -0.4 is 15.6 Å². The summed E-state index contributed by atoms with van der Waals surface area (Å²) in [5.41, 5.74) is 13.8. The van der Waals surface area contributed by atoms with E-state index in [1.54, 1.807) is 72.8 Å². The van der Waals surface area contributed by atoms with Crippen molar-refractivity contribution in [3.63, 3.8) is 0 Å². The minimum absolute atomic E-state index is 0.00315. The van der Waals surface area contributed by atoms with E-state index in [9.17, 15) is 23.5 Å². The Morgan fingerprint density at radius 2 is 1.71 bits per heavy atom. The number of hydrogen-bond donors (Lipinski definition) is 3. The number of azide groups is 1. The van der Waals surface area contributed by atoms with E-state index >= 15 is 0 Å². The number of aliphatic imine (C=N–C) groups is 1. The predicted molar refractivity (Wildman–Crippen MR) is 176 cm³/mol. The summed E-state index contributed by atoms with van der Waals surface area (Å²) in [4.78, 5) is 22.2. The highest BCUT2D eigenvalue weighted by Gasteiger charge is 2.53. The molecule has 14 heteroatoms. The first-order valence-corrected chi connectivity index (χ1v) is 15.6. The maximum absolute atomic E-state index is 14.4. The zero-order chi connectivity index (χ0) is 34.1. The van der Waals surface area contributed by atoms with Gasteiger partial charge in [-0.1, -0.05) is 75.6 Å². The molecule has 4 aromatic rings. The number of amides is 1. The van der Waals surface area contributed by atoms with Crippen LogP contribution in [0.5, 0.6) is 5.75 Å². The number of halogens is 4. The lowest BCUT2D eigenvalue weighted by Gasteiger charge is -2.31. The van der Waals surface area contributed by atoms with Crippen molar-refractivity contribution in [2.45, 2.75) is 37.2 Å². The van der Waals surface area contributed by atoms with Gasteiger partial charge in [0, 0.05) is 46.6 Å². The van der Waals surface area contributed by atoms with Crippen molar-refractivity contribution < 1.29 is 32.5 Å². The van der Waals surface area contributed by atoms with Crippen LogP contribution in [0.3, 0.4) is 0 Å². The van der Waals surface area contributed by atoms with Gasteiger partial charge in [-0.05, 0) is 64.7 Å². The second kappa shape index (κ2) is 15.3. The zero-order valence-electron chi connectivity index (χ0n) is 25.3. The highest BCUT2D eigenvalue weighted by Crippen LogP contribution is 2.44. The summed E-state index contributed by atoms with van der Waals surface area (Å²) in [5, 5.41) is 12.9. The van der Waals surface area contributed by atoms with Crippen molar-refractivity contribution in [2.24, 2.45) is 10.1 Å². The molecule has 0 aromatic heterocycles. The third kappa shape index (κ3) is 7.97. The van der Waals surface area contributed by atoms with Crippen molar-refractivity contribution in [1.29, 1.82) is 0 Å². The number of nitrogens with zero attached hydrogens (tertiary/aromatic N) is 4. The molecule has 0 spiro atoms. The second-order valence-corrected chi connectivity index (χ2v) is 11.7. The molecular formula is C34H30BrF3N6O4. The van der Waals surface area contributed by atoms with Gasteiger partial charge in [-0.25, -0.2) is 10.4 Å². The SMILES string of the molecule is [N-]=[N+]=Nc1ccccc1C[C@]1(C(=O)NNCc2ccccc2C(F)(F)F)N=C(c2ccc(OCCCO)cc2)O[C@H]1c1ccc(Br)cc1. The highest BCUT2D eigenvalue weighted by molar-refractivity contribution is 9.10. The van der Waals surface area contributed by atoms with Crippen LogP contribution in [-0.2, 0) is 28.7 Å². The molecule has 0 saturated heterocycles. The molecule has 0 fully saturated rings. The highest BCUT2D eigenvalue weighted by atomic mass is 79.9. The van der Waals surface area contributed by atoms with Gasteiger partial charge in [-0.3, -0.25) is 10.2 Å². The monoisotopic (exact) mass is 722 g/mol. The minimum atomic E-state index is -4.58. The Kier molecular flexibility index (Phi) is 11.0. The van der Waals surface area contributed by atoms with Crippen molar-refractivity contribution in [2.75, 3.05) is 13.2 Å². The van der Waals surface area contributed by atoms with Gasteiger partial charge in [0.1, 0.15) is 5.75 Å². The lowest BCUT2D eigenvalue weighted by Crippen LogP contribution is -2.53. The Labute approximate surface area is 282 Å². The first-order chi connectivity index (χ1) is 23.1. The molecule has 0 unspecified atom stereocenters. The minimum Gasteiger partial charge on any atom is -0.494 e. The summed E-state index contributed by atoms with van der Waals surface area (Å²) in [6, 6.07) is 25.8. The lowest BCUT2D eigenvalue weighted by atomic mass is 9.81. The lowest BCUT2D eigenvalue weighted by molar-refractivity contribution is -0.138. The van der Waals surface area contributed by atoms with Gasteiger partial charge < -0.3 is 14.6 Å². The fraction of sp³-hybridized carbons (Fsp3) is 0.235. The van der Waals surface area contributed by atoms with Gasteiger partial charge in [0.25, 0.3) is 5.91 Å². The molecule has 3 N–H and O–H groups in total. The maximum Gasteiger partial charge on any atom is 0.416 e. The number of hydrazine groups is 1. The Morgan fingerprint density at radius 1 is 1.02 bits per heavy atom. The summed E-state index contributed by atoms with van der Waals surface area (Å²) in [7, 11) is 0. The van der Waals surface area contributed by atoms with Crippen molar-refractivity contribution in [1.82, 2.24) is 10.9 Å². The summed E-state index contributed by atoms with van der Waals surface area (Å²) in [6.45, 7) is -0.00495. The summed E-state index contributed by atoms with van der Waals surface area (Å²) < 4.78 is 53.9. The number of ether oxygens (including phenoxy) is 2. The quantitative estimate of drug-likeness (QED) is 0.0431. The number of alkyl halides is 3. The van der Waals surface area contributed by atoms with Gasteiger partial charge in [-0.2, -0.15) is 13.2 Å². The van der Waals surface area contributed by atoms with E-state index in [1.807, 2.05) is 0 Å². The number of rotatable bonds is 13. The van der Waals surface area contributed by atoms with E-state index in [2.05, 4.69) is 36.8 Å². The first kappa shape index (κ1) is 34.5. The van der Waals surface area contributed by atoms with Crippen LogP contribution in [0.4, 0.5) is 18.9 Å². The average molecular weight is 724 g/mol. The van der Waals surface area contributed by atoms with E-state index < -0.39 is 29.3 Å². The molecular weight excluding hydrogens is 693 g/mol. The Hall–Kier alpha value is -4.88. The van der Waals surface area contributed by atoms with E-state index in [4.69, 9.17) is 19.6 Å². The Morgan fingerprint density at radius 3 is 2.40 bits per heavy atom. The number of benzene rings is 4. The van der Waals surface area contributed by atoms with E-state index in [1.165, 1.54) is 18.2 Å². The molecule has 0 saturated carbocycles. The summed E-state index contributed by atoms with van der Waals surface area (Å²) in [5.74, 6) is 0.0177. The Bertz CT molecular complexity index is 1820. The second-order valence-electron chi connectivity index (χ2n) is 10.8. The molecule has 48 heavy (non-hydrogen) atoms. The number of hydrogen-bond acceptors (Lipinski definition) is 7. The number of aliphatic hydroxyl groups is 1. The standard InChI is InChI=1S/C34H30BrF3N6O4/c35-26-14-10-22(11-15-26)30-33(20-24-6-2-4-9-29(24)42-44-39,32(46)43-40-21-25-7-1-3-8-28(25)34(36,37)38)41-31(48-30)23-12-16-27(17-13-23)47-19-5-18-45/h1-4,6-17,30,40,45H,5,18-21H2,(H,43,46)/t30-,33-/m0/s1. The summed E-state index contributed by atoms with van der Waals surface area (Å²) >= 11 is 3.43. The third-order valence-electron chi connectivity index (χ3n) is 7.61. The number of aliphatic hydroxyl groups excluding tert-OH is 1. The molecule has 5 rings (SSSR count). The van der Waals surface area contributed by atoms with Crippen molar-refractivity contribution in [3.05, 3.63) is 140 Å². The molecule has 0 aliphatic carbocycles. The molecule has 2 atom stereocenters. The normalized spacial score (nSPS) is 17.2. The van der Waals surface area contributed by atoms with E-state index in [-0.39, 0.29) is 36.7 Å². The van der Waals surface area contributed by atoms with Crippen LogP contribution in [0.2, 0.25) is 0 Å². The van der Waals surface area contributed by atoms with Crippen LogP contribution in [0.25, 0.3) is 10.4 Å². The molecule has 4 aromatic carbocycles. The van der Waals surface area contributed by atoms with Crippen LogP contribution >= 0.6 is 15.9 Å². The fourth-order valence-corrected chi connectivity index (χ4v) is 5.56. The van der Waals surface area contributed by atoms with Crippen LogP contribution in [-0.4, -0.2) is 35.7 Å².